The maximum absolute atomic E-state index is 12.3. The van der Waals surface area contributed by atoms with Crippen LogP contribution < -0.4 is 15.4 Å². The van der Waals surface area contributed by atoms with E-state index in [-0.39, 0.29) is 18.2 Å². The van der Waals surface area contributed by atoms with Crippen LogP contribution in [0.4, 0.5) is 11.4 Å². The fraction of sp³-hybridized carbons (Fsp3) is 0.263. The molecule has 2 N–H and O–H groups in total. The molecule has 0 saturated carbocycles. The molecule has 124 valence electrons. The van der Waals surface area contributed by atoms with Crippen molar-refractivity contribution in [3.8, 4) is 5.75 Å². The SMILES string of the molecule is CCc1ccccc1NC(=O)Cc1ccc2c(c1)NC(=O)C(C)O2. The predicted octanol–water partition coefficient (Wildman–Crippen LogP) is 3.15. The molecule has 24 heavy (non-hydrogen) atoms. The molecule has 0 aliphatic carbocycles. The molecule has 2 aromatic carbocycles. The van der Waals surface area contributed by atoms with Gasteiger partial charge in [-0.15, -0.1) is 0 Å². The number of fused-ring (bicyclic) bond motifs is 1. The quantitative estimate of drug-likeness (QED) is 0.908. The number of amides is 2. The topological polar surface area (TPSA) is 67.4 Å². The van der Waals surface area contributed by atoms with Crippen LogP contribution in [0, 0.1) is 0 Å². The molecule has 0 spiro atoms. The molecule has 2 aromatic rings. The number of aryl methyl sites for hydroxylation is 1. The summed E-state index contributed by atoms with van der Waals surface area (Å²) in [5, 5.41) is 5.74. The van der Waals surface area contributed by atoms with Crippen molar-refractivity contribution in [3.63, 3.8) is 0 Å². The molecule has 0 saturated heterocycles. The van der Waals surface area contributed by atoms with E-state index in [1.54, 1.807) is 19.1 Å². The Labute approximate surface area is 141 Å². The normalized spacial score (nSPS) is 15.9. The highest BCUT2D eigenvalue weighted by molar-refractivity contribution is 5.98. The van der Waals surface area contributed by atoms with Crippen LogP contribution in [0.1, 0.15) is 25.0 Å². The fourth-order valence-corrected chi connectivity index (χ4v) is 2.70. The van der Waals surface area contributed by atoms with E-state index < -0.39 is 6.10 Å². The lowest BCUT2D eigenvalue weighted by Crippen LogP contribution is -2.34. The number of carbonyl (C=O) groups is 2. The zero-order valence-electron chi connectivity index (χ0n) is 13.8. The molecule has 5 heteroatoms. The van der Waals surface area contributed by atoms with Gasteiger partial charge in [0, 0.05) is 5.69 Å². The second-order valence-electron chi connectivity index (χ2n) is 5.82. The van der Waals surface area contributed by atoms with Crippen molar-refractivity contribution in [2.75, 3.05) is 10.6 Å². The Morgan fingerprint density at radius 2 is 2.04 bits per heavy atom. The van der Waals surface area contributed by atoms with E-state index in [0.717, 1.165) is 23.2 Å². The summed E-state index contributed by atoms with van der Waals surface area (Å²) in [5.74, 6) is 0.357. The minimum absolute atomic E-state index is 0.0905. The average molecular weight is 324 g/mol. The standard InChI is InChI=1S/C19H20N2O3/c1-3-14-6-4-5-7-15(14)20-18(22)11-13-8-9-17-16(10-13)21-19(23)12(2)24-17/h4-10,12H,3,11H2,1-2H3,(H,20,22)(H,21,23). The third-order valence-corrected chi connectivity index (χ3v) is 4.01. The van der Waals surface area contributed by atoms with Gasteiger partial charge in [0.1, 0.15) is 5.75 Å². The van der Waals surface area contributed by atoms with Gasteiger partial charge in [-0.05, 0) is 42.7 Å². The Hall–Kier alpha value is -2.82. The van der Waals surface area contributed by atoms with E-state index in [2.05, 4.69) is 17.6 Å². The number of hydrogen-bond donors (Lipinski definition) is 2. The van der Waals surface area contributed by atoms with Gasteiger partial charge < -0.3 is 15.4 Å². The molecular formula is C19H20N2O3. The van der Waals surface area contributed by atoms with Gasteiger partial charge in [0.15, 0.2) is 6.10 Å². The first kappa shape index (κ1) is 16.1. The molecule has 0 aromatic heterocycles. The molecule has 1 heterocycles. The van der Waals surface area contributed by atoms with Crippen molar-refractivity contribution >= 4 is 23.2 Å². The minimum atomic E-state index is -0.503. The molecule has 1 aliphatic heterocycles. The summed E-state index contributed by atoms with van der Waals surface area (Å²) in [6.45, 7) is 3.75. The minimum Gasteiger partial charge on any atom is -0.479 e. The first-order valence-electron chi connectivity index (χ1n) is 8.05. The van der Waals surface area contributed by atoms with E-state index in [1.165, 1.54) is 0 Å². The summed E-state index contributed by atoms with van der Waals surface area (Å²) in [5.41, 5.74) is 3.37. The second kappa shape index (κ2) is 6.74. The van der Waals surface area contributed by atoms with Gasteiger partial charge in [-0.1, -0.05) is 31.2 Å². The number of para-hydroxylation sites is 1. The lowest BCUT2D eigenvalue weighted by atomic mass is 10.1. The second-order valence-corrected chi connectivity index (χ2v) is 5.82. The van der Waals surface area contributed by atoms with E-state index in [4.69, 9.17) is 4.74 Å². The Balaban J connectivity index is 1.71. The molecule has 0 fully saturated rings. The molecule has 1 atom stereocenters. The van der Waals surface area contributed by atoms with E-state index >= 15 is 0 Å². The van der Waals surface area contributed by atoms with Gasteiger partial charge in [0.05, 0.1) is 12.1 Å². The lowest BCUT2D eigenvalue weighted by Gasteiger charge is -2.23. The molecule has 1 unspecified atom stereocenters. The number of carbonyl (C=O) groups excluding carboxylic acids is 2. The fourth-order valence-electron chi connectivity index (χ4n) is 2.70. The number of anilines is 2. The predicted molar refractivity (Wildman–Crippen MR) is 93.3 cm³/mol. The number of benzene rings is 2. The molecule has 5 nitrogen and oxygen atoms in total. The summed E-state index contributed by atoms with van der Waals surface area (Å²) in [4.78, 5) is 24.0. The third kappa shape index (κ3) is 3.40. The van der Waals surface area contributed by atoms with Crippen LogP contribution in [0.3, 0.4) is 0 Å². The van der Waals surface area contributed by atoms with Gasteiger partial charge in [0.2, 0.25) is 5.91 Å². The van der Waals surface area contributed by atoms with Crippen LogP contribution in [0.25, 0.3) is 0 Å². The van der Waals surface area contributed by atoms with Crippen LogP contribution in [0.5, 0.6) is 5.75 Å². The molecular weight excluding hydrogens is 304 g/mol. The first-order chi connectivity index (χ1) is 11.6. The lowest BCUT2D eigenvalue weighted by molar-refractivity contribution is -0.122. The van der Waals surface area contributed by atoms with Crippen molar-refractivity contribution < 1.29 is 14.3 Å². The zero-order chi connectivity index (χ0) is 17.1. The smallest absolute Gasteiger partial charge is 0.265 e. The molecule has 0 bridgehead atoms. The average Bonchev–Trinajstić information content (AvgIpc) is 2.56. The number of hydrogen-bond acceptors (Lipinski definition) is 3. The van der Waals surface area contributed by atoms with Gasteiger partial charge >= 0.3 is 0 Å². The highest BCUT2D eigenvalue weighted by atomic mass is 16.5. The summed E-state index contributed by atoms with van der Waals surface area (Å²) < 4.78 is 5.52. The van der Waals surface area contributed by atoms with E-state index in [9.17, 15) is 9.59 Å². The number of ether oxygens (including phenoxy) is 1. The highest BCUT2D eigenvalue weighted by Gasteiger charge is 2.23. The van der Waals surface area contributed by atoms with Crippen molar-refractivity contribution in [3.05, 3.63) is 53.6 Å². The van der Waals surface area contributed by atoms with E-state index in [0.29, 0.717) is 11.4 Å². The maximum atomic E-state index is 12.3. The van der Waals surface area contributed by atoms with Gasteiger partial charge in [-0.25, -0.2) is 0 Å². The monoisotopic (exact) mass is 324 g/mol. The maximum Gasteiger partial charge on any atom is 0.265 e. The largest absolute Gasteiger partial charge is 0.479 e. The van der Waals surface area contributed by atoms with Crippen molar-refractivity contribution in [2.45, 2.75) is 32.8 Å². The van der Waals surface area contributed by atoms with E-state index in [1.807, 2.05) is 30.3 Å². The molecule has 1 aliphatic rings. The van der Waals surface area contributed by atoms with Crippen molar-refractivity contribution in [1.82, 2.24) is 0 Å². The van der Waals surface area contributed by atoms with Crippen molar-refractivity contribution in [2.24, 2.45) is 0 Å². The number of nitrogens with one attached hydrogen (secondary N) is 2. The summed E-state index contributed by atoms with van der Waals surface area (Å²) in [6.07, 6.45) is 0.588. The Morgan fingerprint density at radius 1 is 1.25 bits per heavy atom. The van der Waals surface area contributed by atoms with Gasteiger partial charge in [-0.3, -0.25) is 9.59 Å². The molecule has 2 amide bonds. The Bertz CT molecular complexity index is 786. The Kier molecular flexibility index (Phi) is 4.51. The summed E-state index contributed by atoms with van der Waals surface area (Å²) >= 11 is 0. The van der Waals surface area contributed by atoms with Crippen LogP contribution in [0.2, 0.25) is 0 Å². The third-order valence-electron chi connectivity index (χ3n) is 4.01. The van der Waals surface area contributed by atoms with Gasteiger partial charge in [0.25, 0.3) is 5.91 Å². The zero-order valence-corrected chi connectivity index (χ0v) is 13.8. The summed E-state index contributed by atoms with van der Waals surface area (Å²) in [7, 11) is 0. The Morgan fingerprint density at radius 3 is 2.83 bits per heavy atom. The highest BCUT2D eigenvalue weighted by Crippen LogP contribution is 2.30. The number of rotatable bonds is 4. The van der Waals surface area contributed by atoms with Crippen LogP contribution in [-0.4, -0.2) is 17.9 Å². The molecule has 0 radical (unpaired) electrons. The molecule has 3 rings (SSSR count). The summed E-state index contributed by atoms with van der Waals surface area (Å²) in [6, 6.07) is 13.2. The van der Waals surface area contributed by atoms with Crippen molar-refractivity contribution in [1.29, 1.82) is 0 Å². The van der Waals surface area contributed by atoms with Gasteiger partial charge in [-0.2, -0.15) is 0 Å². The van der Waals surface area contributed by atoms with Crippen LogP contribution in [0.15, 0.2) is 42.5 Å². The van der Waals surface area contributed by atoms with Crippen LogP contribution in [-0.2, 0) is 22.4 Å². The van der Waals surface area contributed by atoms with Crippen LogP contribution >= 0.6 is 0 Å². The first-order valence-corrected chi connectivity index (χ1v) is 8.05.